The number of thiophene rings is 1. The van der Waals surface area contributed by atoms with Crippen LogP contribution in [-0.4, -0.2) is 31.6 Å². The van der Waals surface area contributed by atoms with Crippen LogP contribution in [0.5, 0.6) is 5.75 Å². The van der Waals surface area contributed by atoms with Gasteiger partial charge in [0.15, 0.2) is 5.75 Å². The van der Waals surface area contributed by atoms with Crippen LogP contribution >= 0.6 is 11.3 Å². The number of nitrogens with one attached hydrogen (secondary N) is 1. The SMILES string of the molecule is CCCN(CC)c1sc(C(=O)NCC)c(N)c1OC(C)C. The van der Waals surface area contributed by atoms with Crippen LogP contribution in [0.15, 0.2) is 0 Å². The molecule has 1 rings (SSSR count). The first kappa shape index (κ1) is 17.6. The van der Waals surface area contributed by atoms with Crippen molar-refractivity contribution in [2.75, 3.05) is 30.3 Å². The van der Waals surface area contributed by atoms with Gasteiger partial charge in [0.2, 0.25) is 0 Å². The van der Waals surface area contributed by atoms with Crippen molar-refractivity contribution < 1.29 is 9.53 Å². The molecule has 0 aliphatic rings. The largest absolute Gasteiger partial charge is 0.486 e. The van der Waals surface area contributed by atoms with Crippen LogP contribution in [0.1, 0.15) is 50.7 Å². The molecule has 0 saturated carbocycles. The Morgan fingerprint density at radius 1 is 1.38 bits per heavy atom. The summed E-state index contributed by atoms with van der Waals surface area (Å²) in [6.45, 7) is 12.4. The molecule has 0 aromatic carbocycles. The number of amides is 1. The smallest absolute Gasteiger partial charge is 0.263 e. The second-order valence-corrected chi connectivity index (χ2v) is 6.08. The van der Waals surface area contributed by atoms with Gasteiger partial charge in [0.1, 0.15) is 15.6 Å². The molecule has 0 aliphatic heterocycles. The van der Waals surface area contributed by atoms with Crippen LogP contribution in [0.4, 0.5) is 10.7 Å². The second-order valence-electron chi connectivity index (χ2n) is 5.08. The van der Waals surface area contributed by atoms with E-state index in [0.717, 1.165) is 24.5 Å². The zero-order valence-electron chi connectivity index (χ0n) is 13.7. The number of carbonyl (C=O) groups is 1. The average Bonchev–Trinajstić information content (AvgIpc) is 2.74. The topological polar surface area (TPSA) is 67.6 Å². The Balaban J connectivity index is 3.25. The fourth-order valence-electron chi connectivity index (χ4n) is 2.06. The van der Waals surface area contributed by atoms with Gasteiger partial charge in [-0.25, -0.2) is 0 Å². The molecule has 6 heteroatoms. The minimum atomic E-state index is -0.132. The van der Waals surface area contributed by atoms with Crippen LogP contribution in [0.25, 0.3) is 0 Å². The molecule has 0 atom stereocenters. The maximum Gasteiger partial charge on any atom is 0.263 e. The fourth-order valence-corrected chi connectivity index (χ4v) is 3.22. The minimum Gasteiger partial charge on any atom is -0.486 e. The Hall–Kier alpha value is -1.43. The molecule has 1 heterocycles. The summed E-state index contributed by atoms with van der Waals surface area (Å²) in [4.78, 5) is 14.9. The third-order valence-corrected chi connectivity index (χ3v) is 4.19. The van der Waals surface area contributed by atoms with Crippen LogP contribution in [0.2, 0.25) is 0 Å². The molecule has 1 aromatic rings. The Morgan fingerprint density at radius 2 is 2.05 bits per heavy atom. The monoisotopic (exact) mass is 313 g/mol. The summed E-state index contributed by atoms with van der Waals surface area (Å²) in [5.74, 6) is 0.513. The van der Waals surface area contributed by atoms with Crippen molar-refractivity contribution in [1.29, 1.82) is 0 Å². The van der Waals surface area contributed by atoms with E-state index in [4.69, 9.17) is 10.5 Å². The van der Waals surface area contributed by atoms with Crippen LogP contribution < -0.4 is 20.7 Å². The Kier molecular flexibility index (Phi) is 6.81. The van der Waals surface area contributed by atoms with Crippen molar-refractivity contribution in [3.05, 3.63) is 4.88 Å². The van der Waals surface area contributed by atoms with Crippen LogP contribution in [0, 0.1) is 0 Å². The first-order valence-electron chi connectivity index (χ1n) is 7.58. The van der Waals surface area contributed by atoms with Crippen molar-refractivity contribution in [2.24, 2.45) is 0 Å². The van der Waals surface area contributed by atoms with Crippen molar-refractivity contribution in [3.63, 3.8) is 0 Å². The lowest BCUT2D eigenvalue weighted by molar-refractivity contribution is 0.0960. The average molecular weight is 313 g/mol. The minimum absolute atomic E-state index is 0.0167. The molecule has 0 saturated heterocycles. The van der Waals surface area contributed by atoms with E-state index in [2.05, 4.69) is 24.1 Å². The van der Waals surface area contributed by atoms with Crippen molar-refractivity contribution in [3.8, 4) is 5.75 Å². The highest BCUT2D eigenvalue weighted by Gasteiger charge is 2.25. The summed E-state index contributed by atoms with van der Waals surface area (Å²) in [5, 5.41) is 3.75. The Labute approximate surface area is 131 Å². The number of rotatable bonds is 8. The second kappa shape index (κ2) is 8.12. The predicted octanol–water partition coefficient (Wildman–Crippen LogP) is 3.10. The lowest BCUT2D eigenvalue weighted by atomic mass is 10.3. The highest BCUT2D eigenvalue weighted by molar-refractivity contribution is 7.19. The molecule has 1 aromatic heterocycles. The van der Waals surface area contributed by atoms with Gasteiger partial charge in [-0.15, -0.1) is 11.3 Å². The number of nitrogen functional groups attached to an aromatic ring is 1. The highest BCUT2D eigenvalue weighted by Crippen LogP contribution is 2.45. The molecule has 1 amide bonds. The van der Waals surface area contributed by atoms with Crippen molar-refractivity contribution >= 4 is 27.9 Å². The van der Waals surface area contributed by atoms with Gasteiger partial charge in [0.05, 0.1) is 6.10 Å². The first-order valence-corrected chi connectivity index (χ1v) is 8.39. The number of ether oxygens (including phenoxy) is 1. The van der Waals surface area contributed by atoms with E-state index < -0.39 is 0 Å². The number of carbonyl (C=O) groups excluding carboxylic acids is 1. The van der Waals surface area contributed by atoms with Gasteiger partial charge in [-0.1, -0.05) is 6.92 Å². The van der Waals surface area contributed by atoms with Gasteiger partial charge in [-0.3, -0.25) is 4.79 Å². The molecule has 0 bridgehead atoms. The molecule has 5 nitrogen and oxygen atoms in total. The third-order valence-electron chi connectivity index (χ3n) is 2.94. The van der Waals surface area contributed by atoms with E-state index in [1.54, 1.807) is 0 Å². The Morgan fingerprint density at radius 3 is 2.52 bits per heavy atom. The van der Waals surface area contributed by atoms with Crippen molar-refractivity contribution in [1.82, 2.24) is 5.32 Å². The van der Waals surface area contributed by atoms with E-state index in [-0.39, 0.29) is 12.0 Å². The third kappa shape index (κ3) is 4.27. The number of nitrogens with zero attached hydrogens (tertiary/aromatic N) is 1. The van der Waals surface area contributed by atoms with E-state index >= 15 is 0 Å². The number of nitrogens with two attached hydrogens (primary N) is 1. The lowest BCUT2D eigenvalue weighted by Gasteiger charge is -2.23. The standard InChI is InChI=1S/C15H27N3O2S/c1-6-9-18(8-3)15-12(20-10(4)5)11(16)13(21-15)14(19)17-7-2/h10H,6-9,16H2,1-5H3,(H,17,19). The maximum atomic E-state index is 12.1. The molecule has 21 heavy (non-hydrogen) atoms. The zero-order valence-corrected chi connectivity index (χ0v) is 14.5. The molecule has 0 spiro atoms. The van der Waals surface area contributed by atoms with E-state index in [1.165, 1.54) is 11.3 Å². The van der Waals surface area contributed by atoms with Crippen LogP contribution in [0.3, 0.4) is 0 Å². The molecular weight excluding hydrogens is 286 g/mol. The van der Waals surface area contributed by atoms with Gasteiger partial charge in [0, 0.05) is 19.6 Å². The van der Waals surface area contributed by atoms with Gasteiger partial charge >= 0.3 is 0 Å². The van der Waals surface area contributed by atoms with Crippen molar-refractivity contribution in [2.45, 2.75) is 47.1 Å². The summed E-state index contributed by atoms with van der Waals surface area (Å²) in [6.07, 6.45) is 1.05. The molecule has 0 radical (unpaired) electrons. The summed E-state index contributed by atoms with van der Waals surface area (Å²) in [6, 6.07) is 0. The fraction of sp³-hybridized carbons (Fsp3) is 0.667. The molecule has 0 aliphatic carbocycles. The first-order chi connectivity index (χ1) is 9.96. The predicted molar refractivity (Wildman–Crippen MR) is 90.7 cm³/mol. The van der Waals surface area contributed by atoms with Gasteiger partial charge in [-0.2, -0.15) is 0 Å². The van der Waals surface area contributed by atoms with E-state index in [0.29, 0.717) is 22.9 Å². The number of hydrogen-bond acceptors (Lipinski definition) is 5. The van der Waals surface area contributed by atoms with Gasteiger partial charge in [-0.05, 0) is 34.1 Å². The molecule has 3 N–H and O–H groups in total. The summed E-state index contributed by atoms with van der Waals surface area (Å²) in [7, 11) is 0. The van der Waals surface area contributed by atoms with Gasteiger partial charge in [0.25, 0.3) is 5.91 Å². The normalized spacial score (nSPS) is 10.8. The maximum absolute atomic E-state index is 12.1. The molecule has 0 fully saturated rings. The lowest BCUT2D eigenvalue weighted by Crippen LogP contribution is -2.23. The molecular formula is C15H27N3O2S. The number of hydrogen-bond donors (Lipinski definition) is 2. The zero-order chi connectivity index (χ0) is 16.0. The summed E-state index contributed by atoms with van der Waals surface area (Å²) < 4.78 is 5.88. The van der Waals surface area contributed by atoms with E-state index in [1.807, 2.05) is 20.8 Å². The summed E-state index contributed by atoms with van der Waals surface area (Å²) >= 11 is 1.41. The molecule has 0 unspecified atom stereocenters. The summed E-state index contributed by atoms with van der Waals surface area (Å²) in [5.41, 5.74) is 6.62. The number of anilines is 2. The molecule has 120 valence electrons. The van der Waals surface area contributed by atoms with Crippen LogP contribution in [-0.2, 0) is 0 Å². The van der Waals surface area contributed by atoms with E-state index in [9.17, 15) is 4.79 Å². The quantitative estimate of drug-likeness (QED) is 0.774. The Bertz CT molecular complexity index is 472. The highest BCUT2D eigenvalue weighted by atomic mass is 32.1. The van der Waals surface area contributed by atoms with Gasteiger partial charge < -0.3 is 20.7 Å².